The third-order valence-electron chi connectivity index (χ3n) is 4.97. The highest BCUT2D eigenvalue weighted by Gasteiger charge is 2.61. The maximum atomic E-state index is 14.6. The smallest absolute Gasteiger partial charge is 0.311 e. The van der Waals surface area contributed by atoms with Gasteiger partial charge < -0.3 is 15.4 Å². The topological polar surface area (TPSA) is 72.6 Å². The zero-order chi connectivity index (χ0) is 18.6. The van der Waals surface area contributed by atoms with Crippen LogP contribution in [-0.2, 0) is 15.0 Å². The summed E-state index contributed by atoms with van der Waals surface area (Å²) in [5, 5.41) is 0. The van der Waals surface area contributed by atoms with Crippen molar-refractivity contribution in [2.75, 3.05) is 17.2 Å². The van der Waals surface area contributed by atoms with Crippen molar-refractivity contribution in [3.05, 3.63) is 47.5 Å². The summed E-state index contributed by atoms with van der Waals surface area (Å²) < 4.78 is 33.8. The molecule has 0 amide bonds. The minimum Gasteiger partial charge on any atom is -0.422 e. The number of ether oxygens (including phenoxy) is 1. The molecule has 0 aromatic heterocycles. The Morgan fingerprint density at radius 1 is 1.31 bits per heavy atom. The van der Waals surface area contributed by atoms with Gasteiger partial charge in [-0.15, -0.1) is 0 Å². The number of ketones is 1. The van der Waals surface area contributed by atoms with Gasteiger partial charge in [-0.2, -0.15) is 0 Å². The van der Waals surface area contributed by atoms with E-state index in [2.05, 4.69) is 0 Å². The van der Waals surface area contributed by atoms with Crippen LogP contribution in [0.25, 0.3) is 0 Å². The van der Waals surface area contributed by atoms with Crippen LogP contribution in [0.5, 0.6) is 5.75 Å². The van der Waals surface area contributed by atoms with Crippen LogP contribution in [0.3, 0.4) is 0 Å². The molecule has 1 atom stereocenters. The van der Waals surface area contributed by atoms with Crippen molar-refractivity contribution in [1.82, 2.24) is 0 Å². The molecule has 2 N–H and O–H groups in total. The highest BCUT2D eigenvalue weighted by atomic mass is 19.2. The number of nitrogen functional groups attached to an aromatic ring is 1. The Kier molecular flexibility index (Phi) is 3.50. The summed E-state index contributed by atoms with van der Waals surface area (Å²) in [7, 11) is 0. The standard InChI is InChI=1S/C19H16F2N2O3/c1-2-15(25)26-18-12(22)4-3-5-13(18)23-9-19(8-14(19)24)10-6-7-11(20)16(21)17(10)23/h3-7H,2,8-9,22H2,1H3/t19-/m1/s1. The van der Waals surface area contributed by atoms with E-state index in [-0.39, 0.29) is 42.3 Å². The maximum Gasteiger partial charge on any atom is 0.311 e. The minimum atomic E-state index is -1.03. The second kappa shape index (κ2) is 5.52. The van der Waals surface area contributed by atoms with Crippen LogP contribution in [0.15, 0.2) is 30.3 Å². The third-order valence-corrected chi connectivity index (χ3v) is 4.97. The average Bonchev–Trinajstić information content (AvgIpc) is 3.14. The first kappa shape index (κ1) is 16.5. The highest BCUT2D eigenvalue weighted by molar-refractivity contribution is 6.10. The Bertz CT molecular complexity index is 960. The van der Waals surface area contributed by atoms with E-state index < -0.39 is 23.0 Å². The molecular formula is C19H16F2N2O3. The van der Waals surface area contributed by atoms with Gasteiger partial charge in [0.25, 0.3) is 0 Å². The quantitative estimate of drug-likeness (QED) is 0.518. The van der Waals surface area contributed by atoms with E-state index in [1.807, 2.05) is 0 Å². The zero-order valence-electron chi connectivity index (χ0n) is 14.0. The first-order valence-electron chi connectivity index (χ1n) is 8.27. The molecule has 0 bridgehead atoms. The Morgan fingerprint density at radius 3 is 2.69 bits per heavy atom. The lowest BCUT2D eigenvalue weighted by Gasteiger charge is -2.23. The number of rotatable bonds is 3. The molecule has 7 heteroatoms. The summed E-state index contributed by atoms with van der Waals surface area (Å²) in [6, 6.07) is 7.27. The predicted octanol–water partition coefficient (Wildman–Crippen LogP) is 3.22. The van der Waals surface area contributed by atoms with E-state index in [9.17, 15) is 18.4 Å². The zero-order valence-corrected chi connectivity index (χ0v) is 14.0. The van der Waals surface area contributed by atoms with E-state index >= 15 is 0 Å². The number of benzene rings is 2. The molecule has 1 heterocycles. The second-order valence-electron chi connectivity index (χ2n) is 6.55. The molecule has 5 nitrogen and oxygen atoms in total. The lowest BCUT2D eigenvalue weighted by atomic mass is 9.98. The molecule has 2 aromatic rings. The van der Waals surface area contributed by atoms with Gasteiger partial charge in [0.1, 0.15) is 5.78 Å². The molecule has 2 aromatic carbocycles. The van der Waals surface area contributed by atoms with Gasteiger partial charge in [0, 0.05) is 19.4 Å². The molecule has 4 rings (SSSR count). The summed E-state index contributed by atoms with van der Waals surface area (Å²) in [5.74, 6) is -2.48. The van der Waals surface area contributed by atoms with Gasteiger partial charge in [-0.25, -0.2) is 8.78 Å². The summed E-state index contributed by atoms with van der Waals surface area (Å²) in [4.78, 5) is 25.3. The summed E-state index contributed by atoms with van der Waals surface area (Å²) in [5.41, 5.74) is 6.10. The number of carbonyl (C=O) groups is 2. The Hall–Kier alpha value is -2.96. The molecule has 134 valence electrons. The van der Waals surface area contributed by atoms with Crippen molar-refractivity contribution in [1.29, 1.82) is 0 Å². The molecule has 1 aliphatic heterocycles. The lowest BCUT2D eigenvalue weighted by Crippen LogP contribution is -2.22. The van der Waals surface area contributed by atoms with E-state index in [1.54, 1.807) is 25.1 Å². The van der Waals surface area contributed by atoms with Crippen LogP contribution < -0.4 is 15.4 Å². The van der Waals surface area contributed by atoms with Crippen molar-refractivity contribution in [3.8, 4) is 5.75 Å². The van der Waals surface area contributed by atoms with Crippen LogP contribution in [0.2, 0.25) is 0 Å². The Labute approximate surface area is 148 Å². The first-order valence-corrected chi connectivity index (χ1v) is 8.27. The van der Waals surface area contributed by atoms with Crippen molar-refractivity contribution >= 4 is 28.8 Å². The fourth-order valence-corrected chi connectivity index (χ4v) is 3.50. The van der Waals surface area contributed by atoms with Crippen LogP contribution in [0, 0.1) is 11.6 Å². The number of halogens is 2. The van der Waals surface area contributed by atoms with E-state index in [0.717, 1.165) is 6.07 Å². The maximum absolute atomic E-state index is 14.6. The predicted molar refractivity (Wildman–Crippen MR) is 91.4 cm³/mol. The van der Waals surface area contributed by atoms with E-state index in [0.29, 0.717) is 11.3 Å². The molecule has 0 unspecified atom stereocenters. The molecule has 1 spiro atoms. The number of nitrogens with zero attached hydrogens (tertiary/aromatic N) is 1. The summed E-state index contributed by atoms with van der Waals surface area (Å²) in [6.07, 6.45) is 0.406. The fourth-order valence-electron chi connectivity index (χ4n) is 3.50. The monoisotopic (exact) mass is 358 g/mol. The van der Waals surface area contributed by atoms with E-state index in [1.165, 1.54) is 11.0 Å². The van der Waals surface area contributed by atoms with Gasteiger partial charge >= 0.3 is 5.97 Å². The van der Waals surface area contributed by atoms with Crippen LogP contribution in [0.1, 0.15) is 25.3 Å². The Balaban J connectivity index is 1.89. The van der Waals surface area contributed by atoms with Crippen molar-refractivity contribution in [3.63, 3.8) is 0 Å². The summed E-state index contributed by atoms with van der Waals surface area (Å²) >= 11 is 0. The van der Waals surface area contributed by atoms with Crippen LogP contribution in [-0.4, -0.2) is 18.3 Å². The molecule has 0 saturated heterocycles. The normalized spacial score (nSPS) is 20.4. The lowest BCUT2D eigenvalue weighted by molar-refractivity contribution is -0.133. The van der Waals surface area contributed by atoms with E-state index in [4.69, 9.17) is 10.5 Å². The fraction of sp³-hybridized carbons (Fsp3) is 0.263. The SMILES string of the molecule is CCC(=O)Oc1c(N)cccc1N1C[C@]2(CC2=O)c2ccc(F)c(F)c21. The van der Waals surface area contributed by atoms with Gasteiger partial charge in [0.15, 0.2) is 17.4 Å². The Morgan fingerprint density at radius 2 is 2.04 bits per heavy atom. The van der Waals surface area contributed by atoms with Crippen molar-refractivity contribution in [2.24, 2.45) is 0 Å². The van der Waals surface area contributed by atoms with Crippen molar-refractivity contribution < 1.29 is 23.1 Å². The van der Waals surface area contributed by atoms with Crippen LogP contribution in [0.4, 0.5) is 25.8 Å². The number of Topliss-reactive ketones (excluding diaryl/α,β-unsaturated/α-hetero) is 1. The van der Waals surface area contributed by atoms with Gasteiger partial charge in [-0.3, -0.25) is 9.59 Å². The first-order chi connectivity index (χ1) is 12.4. The molecule has 1 saturated carbocycles. The largest absolute Gasteiger partial charge is 0.422 e. The summed E-state index contributed by atoms with van der Waals surface area (Å²) in [6.45, 7) is 1.79. The number of carbonyl (C=O) groups excluding carboxylic acids is 2. The number of nitrogens with two attached hydrogens (primary N) is 1. The number of para-hydroxylation sites is 1. The second-order valence-corrected chi connectivity index (χ2v) is 6.55. The van der Waals surface area contributed by atoms with Gasteiger partial charge in [-0.1, -0.05) is 19.1 Å². The molecule has 1 fully saturated rings. The number of fused-ring (bicyclic) bond motifs is 2. The average molecular weight is 358 g/mol. The molecule has 1 aliphatic carbocycles. The van der Waals surface area contributed by atoms with Crippen molar-refractivity contribution in [2.45, 2.75) is 25.2 Å². The number of hydrogen-bond donors (Lipinski definition) is 1. The number of anilines is 3. The molecule has 0 radical (unpaired) electrons. The van der Waals surface area contributed by atoms with Gasteiger partial charge in [-0.05, 0) is 23.8 Å². The molecule has 2 aliphatic rings. The van der Waals surface area contributed by atoms with Gasteiger partial charge in [0.2, 0.25) is 0 Å². The number of esters is 1. The highest BCUT2D eigenvalue weighted by Crippen LogP contribution is 2.57. The van der Waals surface area contributed by atoms with Crippen LogP contribution >= 0.6 is 0 Å². The molecular weight excluding hydrogens is 342 g/mol. The minimum absolute atomic E-state index is 0.00440. The third kappa shape index (κ3) is 2.20. The number of hydrogen-bond acceptors (Lipinski definition) is 5. The molecule has 26 heavy (non-hydrogen) atoms. The van der Waals surface area contributed by atoms with Gasteiger partial charge in [0.05, 0.1) is 22.5 Å².